The molecule has 0 saturated heterocycles. The van der Waals surface area contributed by atoms with Gasteiger partial charge in [0.1, 0.15) is 0 Å². The van der Waals surface area contributed by atoms with Gasteiger partial charge in [0, 0.05) is 5.33 Å². The van der Waals surface area contributed by atoms with Gasteiger partial charge in [-0.25, -0.2) is 0 Å². The van der Waals surface area contributed by atoms with Crippen molar-refractivity contribution < 1.29 is 0 Å². The summed E-state index contributed by atoms with van der Waals surface area (Å²) in [6.45, 7) is 0. The summed E-state index contributed by atoms with van der Waals surface area (Å²) < 4.78 is 0. The fourth-order valence-electron chi connectivity index (χ4n) is 0.910. The van der Waals surface area contributed by atoms with Crippen molar-refractivity contribution in [2.75, 3.05) is 5.33 Å². The lowest BCUT2D eigenvalue weighted by Gasteiger charge is -1.99. The Bertz CT molecular complexity index is 341. The van der Waals surface area contributed by atoms with Crippen molar-refractivity contribution in [2.45, 2.75) is 0 Å². The lowest BCUT2D eigenvalue weighted by molar-refractivity contribution is 1.20. The molecule has 0 spiro atoms. The fourth-order valence-corrected chi connectivity index (χ4v) is 1.35. The Hall–Kier alpha value is -1.36. The maximum absolute atomic E-state index is 5.18. The molecule has 1 aromatic carbocycles. The molecular formula is C9H11BrN4. The third-order valence-electron chi connectivity index (χ3n) is 1.52. The van der Waals surface area contributed by atoms with Crippen molar-refractivity contribution in [3.63, 3.8) is 0 Å². The van der Waals surface area contributed by atoms with Gasteiger partial charge in [0.25, 0.3) is 0 Å². The van der Waals surface area contributed by atoms with Gasteiger partial charge in [-0.05, 0) is 5.56 Å². The summed E-state index contributed by atoms with van der Waals surface area (Å²) in [7, 11) is 0. The van der Waals surface area contributed by atoms with Crippen molar-refractivity contribution in [3.8, 4) is 0 Å². The van der Waals surface area contributed by atoms with E-state index in [1.165, 1.54) is 0 Å². The molecule has 74 valence electrons. The molecule has 1 rings (SSSR count). The lowest BCUT2D eigenvalue weighted by atomic mass is 10.1. The zero-order valence-electron chi connectivity index (χ0n) is 7.52. The second-order valence-corrected chi connectivity index (χ2v) is 3.13. The van der Waals surface area contributed by atoms with Gasteiger partial charge in [0.2, 0.25) is 5.96 Å². The first-order valence-electron chi connectivity index (χ1n) is 4.01. The van der Waals surface area contributed by atoms with E-state index in [-0.39, 0.29) is 5.96 Å². The summed E-state index contributed by atoms with van der Waals surface area (Å²) in [4.78, 5) is 0. The summed E-state index contributed by atoms with van der Waals surface area (Å²) in [6, 6.07) is 9.70. The average Bonchev–Trinajstić information content (AvgIpc) is 2.20. The Morgan fingerprint density at radius 1 is 1.14 bits per heavy atom. The van der Waals surface area contributed by atoms with E-state index >= 15 is 0 Å². The normalized spacial score (nSPS) is 11.1. The summed E-state index contributed by atoms with van der Waals surface area (Å²) >= 11 is 3.32. The minimum Gasteiger partial charge on any atom is -0.369 e. The van der Waals surface area contributed by atoms with E-state index in [0.717, 1.165) is 11.3 Å². The molecule has 1 aromatic rings. The number of hydrogen-bond donors (Lipinski definition) is 2. The van der Waals surface area contributed by atoms with E-state index < -0.39 is 0 Å². The minimum atomic E-state index is -0.0422. The van der Waals surface area contributed by atoms with Crippen LogP contribution in [-0.2, 0) is 0 Å². The number of halogens is 1. The standard InChI is InChI=1S/C9H11BrN4/c10-6-8(13-14-9(11)12)7-4-2-1-3-5-7/h1-5H,6H2,(H4,11,12,14)/b13-8-. The molecule has 0 heterocycles. The number of hydrogen-bond acceptors (Lipinski definition) is 2. The number of alkyl halides is 1. The van der Waals surface area contributed by atoms with Gasteiger partial charge in [-0.15, -0.1) is 5.10 Å². The van der Waals surface area contributed by atoms with Crippen LogP contribution in [0.5, 0.6) is 0 Å². The van der Waals surface area contributed by atoms with Gasteiger partial charge >= 0.3 is 0 Å². The first-order chi connectivity index (χ1) is 6.74. The second-order valence-electron chi connectivity index (χ2n) is 2.57. The molecule has 14 heavy (non-hydrogen) atoms. The highest BCUT2D eigenvalue weighted by molar-refractivity contribution is 9.09. The number of rotatable bonds is 3. The van der Waals surface area contributed by atoms with Gasteiger partial charge < -0.3 is 11.5 Å². The molecule has 0 saturated carbocycles. The fraction of sp³-hybridized carbons (Fsp3) is 0.111. The van der Waals surface area contributed by atoms with E-state index in [0.29, 0.717) is 5.33 Å². The van der Waals surface area contributed by atoms with E-state index in [4.69, 9.17) is 11.5 Å². The molecule has 5 heteroatoms. The van der Waals surface area contributed by atoms with Crippen molar-refractivity contribution >= 4 is 27.6 Å². The van der Waals surface area contributed by atoms with Crippen molar-refractivity contribution in [1.29, 1.82) is 0 Å². The first-order valence-corrected chi connectivity index (χ1v) is 5.13. The van der Waals surface area contributed by atoms with E-state index in [1.807, 2.05) is 30.3 Å². The molecule has 0 atom stereocenters. The average molecular weight is 255 g/mol. The maximum atomic E-state index is 5.18. The number of nitrogens with two attached hydrogens (primary N) is 2. The van der Waals surface area contributed by atoms with Crippen LogP contribution in [0.4, 0.5) is 0 Å². The largest absolute Gasteiger partial charge is 0.369 e. The molecule has 4 nitrogen and oxygen atoms in total. The Kier molecular flexibility index (Phi) is 4.12. The first kappa shape index (κ1) is 10.7. The molecule has 4 N–H and O–H groups in total. The Morgan fingerprint density at radius 3 is 2.29 bits per heavy atom. The SMILES string of the molecule is NC(N)=N/N=C(/CBr)c1ccccc1. The summed E-state index contributed by atoms with van der Waals surface area (Å²) in [5.41, 5.74) is 12.1. The maximum Gasteiger partial charge on any atom is 0.211 e. The molecule has 0 aliphatic heterocycles. The third kappa shape index (κ3) is 3.18. The van der Waals surface area contributed by atoms with Crippen molar-refractivity contribution in [2.24, 2.45) is 21.7 Å². The molecule has 0 aromatic heterocycles. The highest BCUT2D eigenvalue weighted by atomic mass is 79.9. The molecular weight excluding hydrogens is 244 g/mol. The number of guanidine groups is 1. The zero-order chi connectivity index (χ0) is 10.4. The van der Waals surface area contributed by atoms with E-state index in [9.17, 15) is 0 Å². The van der Waals surface area contributed by atoms with Crippen LogP contribution in [0.1, 0.15) is 5.56 Å². The Balaban J connectivity index is 2.93. The lowest BCUT2D eigenvalue weighted by Crippen LogP contribution is -2.22. The van der Waals surface area contributed by atoms with Crippen LogP contribution in [0.15, 0.2) is 40.5 Å². The highest BCUT2D eigenvalue weighted by Gasteiger charge is 1.99. The van der Waals surface area contributed by atoms with E-state index in [2.05, 4.69) is 26.1 Å². The van der Waals surface area contributed by atoms with Gasteiger partial charge in [-0.2, -0.15) is 5.10 Å². The molecule has 0 aliphatic rings. The van der Waals surface area contributed by atoms with Gasteiger partial charge in [-0.3, -0.25) is 0 Å². The van der Waals surface area contributed by atoms with E-state index in [1.54, 1.807) is 0 Å². The summed E-state index contributed by atoms with van der Waals surface area (Å²) in [5, 5.41) is 8.13. The minimum absolute atomic E-state index is 0.0422. The Labute approximate surface area is 90.8 Å². The van der Waals surface area contributed by atoms with Crippen LogP contribution in [0.3, 0.4) is 0 Å². The van der Waals surface area contributed by atoms with Crippen LogP contribution in [0.25, 0.3) is 0 Å². The topological polar surface area (TPSA) is 76.8 Å². The van der Waals surface area contributed by atoms with Gasteiger partial charge in [0.15, 0.2) is 0 Å². The van der Waals surface area contributed by atoms with Crippen molar-refractivity contribution in [1.82, 2.24) is 0 Å². The monoisotopic (exact) mass is 254 g/mol. The van der Waals surface area contributed by atoms with Gasteiger partial charge in [0.05, 0.1) is 5.71 Å². The van der Waals surface area contributed by atoms with Crippen LogP contribution >= 0.6 is 15.9 Å². The predicted molar refractivity (Wildman–Crippen MR) is 62.6 cm³/mol. The molecule has 0 aliphatic carbocycles. The summed E-state index contributed by atoms with van der Waals surface area (Å²) in [6.07, 6.45) is 0. The van der Waals surface area contributed by atoms with Crippen LogP contribution in [-0.4, -0.2) is 17.0 Å². The number of benzene rings is 1. The quantitative estimate of drug-likeness (QED) is 0.366. The molecule has 0 bridgehead atoms. The van der Waals surface area contributed by atoms with Crippen LogP contribution in [0.2, 0.25) is 0 Å². The van der Waals surface area contributed by atoms with Crippen LogP contribution < -0.4 is 11.5 Å². The molecule has 0 unspecified atom stereocenters. The third-order valence-corrected chi connectivity index (χ3v) is 2.05. The molecule has 0 amide bonds. The van der Waals surface area contributed by atoms with Crippen LogP contribution in [0, 0.1) is 0 Å². The summed E-state index contributed by atoms with van der Waals surface area (Å²) in [5.74, 6) is -0.0422. The van der Waals surface area contributed by atoms with Gasteiger partial charge in [-0.1, -0.05) is 46.3 Å². The predicted octanol–water partition coefficient (Wildman–Crippen LogP) is 1.06. The smallest absolute Gasteiger partial charge is 0.211 e. The molecule has 0 radical (unpaired) electrons. The highest BCUT2D eigenvalue weighted by Crippen LogP contribution is 2.03. The number of nitrogens with zero attached hydrogens (tertiary/aromatic N) is 2. The molecule has 0 fully saturated rings. The zero-order valence-corrected chi connectivity index (χ0v) is 9.11. The van der Waals surface area contributed by atoms with Crippen molar-refractivity contribution in [3.05, 3.63) is 35.9 Å². The Morgan fingerprint density at radius 2 is 1.79 bits per heavy atom. The second kappa shape index (κ2) is 5.39.